The topological polar surface area (TPSA) is 70.7 Å². The first kappa shape index (κ1) is 16.9. The molecule has 0 aliphatic heterocycles. The first-order chi connectivity index (χ1) is 12.2. The molecule has 5 nitrogen and oxygen atoms in total. The molecule has 0 bridgehead atoms. The normalized spacial score (nSPS) is 10.9. The zero-order valence-corrected chi connectivity index (χ0v) is 14.0. The predicted octanol–water partition coefficient (Wildman–Crippen LogP) is 3.85. The summed E-state index contributed by atoms with van der Waals surface area (Å²) in [5.74, 6) is -0.0946. The highest BCUT2D eigenvalue weighted by atomic mass is 32.2. The Labute approximate surface area is 148 Å². The van der Waals surface area contributed by atoms with Crippen molar-refractivity contribution in [1.29, 1.82) is 0 Å². The van der Waals surface area contributed by atoms with E-state index in [1.165, 1.54) is 23.9 Å². The molecule has 3 aromatic rings. The average Bonchev–Trinajstić information content (AvgIpc) is 3.09. The van der Waals surface area contributed by atoms with Gasteiger partial charge < -0.3 is 5.32 Å². The molecular formula is C18H15FN4OS. The van der Waals surface area contributed by atoms with Crippen molar-refractivity contribution in [1.82, 2.24) is 15.2 Å². The Morgan fingerprint density at radius 3 is 2.68 bits per heavy atom. The SMILES string of the molecule is O=C(CSc1n[nH]c(/C=C/c2ccccc2)n1)Nc1ccccc1F. The second kappa shape index (κ2) is 8.25. The summed E-state index contributed by atoms with van der Waals surface area (Å²) in [5.41, 5.74) is 1.21. The Kier molecular flexibility index (Phi) is 5.58. The summed E-state index contributed by atoms with van der Waals surface area (Å²) >= 11 is 1.17. The van der Waals surface area contributed by atoms with Gasteiger partial charge in [-0.15, -0.1) is 5.10 Å². The highest BCUT2D eigenvalue weighted by Gasteiger charge is 2.09. The maximum atomic E-state index is 13.5. The van der Waals surface area contributed by atoms with Crippen LogP contribution in [0.1, 0.15) is 11.4 Å². The highest BCUT2D eigenvalue weighted by Crippen LogP contribution is 2.16. The molecule has 7 heteroatoms. The first-order valence-corrected chi connectivity index (χ1v) is 8.52. The minimum absolute atomic E-state index is 0.0913. The molecule has 0 radical (unpaired) electrons. The van der Waals surface area contributed by atoms with Crippen molar-refractivity contribution < 1.29 is 9.18 Å². The Morgan fingerprint density at radius 2 is 1.88 bits per heavy atom. The summed E-state index contributed by atoms with van der Waals surface area (Å²) in [4.78, 5) is 16.2. The fourth-order valence-electron chi connectivity index (χ4n) is 2.02. The maximum absolute atomic E-state index is 13.5. The van der Waals surface area contributed by atoms with Crippen LogP contribution in [0, 0.1) is 5.82 Å². The van der Waals surface area contributed by atoms with Gasteiger partial charge in [0.25, 0.3) is 0 Å². The standard InChI is InChI=1S/C18H15FN4OS/c19-14-8-4-5-9-15(14)20-17(24)12-25-18-21-16(22-23-18)11-10-13-6-2-1-3-7-13/h1-11H,12H2,(H,20,24)(H,21,22,23)/b11-10+. The largest absolute Gasteiger partial charge is 0.323 e. The van der Waals surface area contributed by atoms with E-state index in [0.717, 1.165) is 5.56 Å². The van der Waals surface area contributed by atoms with Crippen LogP contribution >= 0.6 is 11.8 Å². The van der Waals surface area contributed by atoms with Crippen LogP contribution in [0.25, 0.3) is 12.2 Å². The van der Waals surface area contributed by atoms with Gasteiger partial charge in [0.2, 0.25) is 11.1 Å². The first-order valence-electron chi connectivity index (χ1n) is 7.53. The van der Waals surface area contributed by atoms with E-state index in [4.69, 9.17) is 0 Å². The van der Waals surface area contributed by atoms with Gasteiger partial charge in [0, 0.05) is 0 Å². The van der Waals surface area contributed by atoms with E-state index in [9.17, 15) is 9.18 Å². The van der Waals surface area contributed by atoms with Gasteiger partial charge in [-0.2, -0.15) is 0 Å². The number of rotatable bonds is 6. The smallest absolute Gasteiger partial charge is 0.234 e. The number of anilines is 1. The third kappa shape index (κ3) is 5.02. The van der Waals surface area contributed by atoms with Gasteiger partial charge in [-0.05, 0) is 23.8 Å². The molecule has 0 saturated heterocycles. The number of halogens is 1. The third-order valence-electron chi connectivity index (χ3n) is 3.20. The summed E-state index contributed by atoms with van der Waals surface area (Å²) in [7, 11) is 0. The molecule has 0 aliphatic rings. The Hall–Kier alpha value is -2.93. The molecule has 2 N–H and O–H groups in total. The molecular weight excluding hydrogens is 339 g/mol. The lowest BCUT2D eigenvalue weighted by atomic mass is 10.2. The molecule has 1 aromatic heterocycles. The van der Waals surface area contributed by atoms with Crippen molar-refractivity contribution in [2.45, 2.75) is 5.16 Å². The zero-order chi connectivity index (χ0) is 17.5. The van der Waals surface area contributed by atoms with Crippen LogP contribution in [-0.2, 0) is 4.79 Å². The molecule has 126 valence electrons. The van der Waals surface area contributed by atoms with Gasteiger partial charge in [-0.1, -0.05) is 60.3 Å². The number of para-hydroxylation sites is 1. The Bertz CT molecular complexity index is 880. The minimum atomic E-state index is -0.466. The third-order valence-corrected chi connectivity index (χ3v) is 4.04. The number of carbonyl (C=O) groups is 1. The summed E-state index contributed by atoms with van der Waals surface area (Å²) in [5, 5.41) is 9.82. The van der Waals surface area contributed by atoms with E-state index >= 15 is 0 Å². The second-order valence-electron chi connectivity index (χ2n) is 5.06. The number of benzene rings is 2. The Morgan fingerprint density at radius 1 is 1.12 bits per heavy atom. The number of carbonyl (C=O) groups excluding carboxylic acids is 1. The summed E-state index contributed by atoms with van der Waals surface area (Å²) < 4.78 is 13.5. The minimum Gasteiger partial charge on any atom is -0.323 e. The predicted molar refractivity (Wildman–Crippen MR) is 97.5 cm³/mol. The molecule has 3 rings (SSSR count). The number of H-pyrrole nitrogens is 1. The number of hydrogen-bond acceptors (Lipinski definition) is 4. The van der Waals surface area contributed by atoms with Crippen LogP contribution in [0.3, 0.4) is 0 Å². The average molecular weight is 354 g/mol. The van der Waals surface area contributed by atoms with Crippen molar-refractivity contribution >= 4 is 35.5 Å². The maximum Gasteiger partial charge on any atom is 0.234 e. The monoisotopic (exact) mass is 354 g/mol. The van der Waals surface area contributed by atoms with Gasteiger partial charge in [0.05, 0.1) is 11.4 Å². The molecule has 2 aromatic carbocycles. The van der Waals surface area contributed by atoms with E-state index in [2.05, 4.69) is 20.5 Å². The number of thioether (sulfide) groups is 1. The molecule has 1 amide bonds. The van der Waals surface area contributed by atoms with Gasteiger partial charge in [-0.3, -0.25) is 9.89 Å². The number of nitrogens with one attached hydrogen (secondary N) is 2. The van der Waals surface area contributed by atoms with Gasteiger partial charge in [0.15, 0.2) is 0 Å². The quantitative estimate of drug-likeness (QED) is 0.660. The number of nitrogens with zero attached hydrogens (tertiary/aromatic N) is 2. The number of aromatic amines is 1. The van der Waals surface area contributed by atoms with Crippen molar-refractivity contribution in [2.24, 2.45) is 0 Å². The van der Waals surface area contributed by atoms with Gasteiger partial charge in [0.1, 0.15) is 11.6 Å². The van der Waals surface area contributed by atoms with Crippen molar-refractivity contribution in [3.8, 4) is 0 Å². The van der Waals surface area contributed by atoms with Gasteiger partial charge >= 0.3 is 0 Å². The van der Waals surface area contributed by atoms with E-state index < -0.39 is 5.82 Å². The molecule has 0 aliphatic carbocycles. The second-order valence-corrected chi connectivity index (χ2v) is 6.01. The van der Waals surface area contributed by atoms with E-state index in [-0.39, 0.29) is 17.3 Å². The van der Waals surface area contributed by atoms with Crippen molar-refractivity contribution in [3.05, 3.63) is 71.8 Å². The molecule has 25 heavy (non-hydrogen) atoms. The number of aromatic nitrogens is 3. The molecule has 0 unspecified atom stereocenters. The van der Waals surface area contributed by atoms with E-state index in [0.29, 0.717) is 11.0 Å². The summed E-state index contributed by atoms with van der Waals surface area (Å²) in [6, 6.07) is 15.9. The van der Waals surface area contributed by atoms with Crippen molar-refractivity contribution in [3.63, 3.8) is 0 Å². The molecule has 0 fully saturated rings. The van der Waals surface area contributed by atoms with Gasteiger partial charge in [-0.25, -0.2) is 9.37 Å². The Balaban J connectivity index is 1.52. The van der Waals surface area contributed by atoms with Crippen molar-refractivity contribution in [2.75, 3.05) is 11.1 Å². The highest BCUT2D eigenvalue weighted by molar-refractivity contribution is 7.99. The summed E-state index contributed by atoms with van der Waals surface area (Å²) in [6.45, 7) is 0. The molecule has 1 heterocycles. The lowest BCUT2D eigenvalue weighted by molar-refractivity contribution is -0.113. The summed E-state index contributed by atoms with van der Waals surface area (Å²) in [6.07, 6.45) is 3.73. The van der Waals surface area contributed by atoms with Crippen LogP contribution in [0.4, 0.5) is 10.1 Å². The lowest BCUT2D eigenvalue weighted by Crippen LogP contribution is -2.15. The van der Waals surface area contributed by atoms with Crippen LogP contribution in [-0.4, -0.2) is 26.8 Å². The zero-order valence-electron chi connectivity index (χ0n) is 13.1. The lowest BCUT2D eigenvalue weighted by Gasteiger charge is -2.04. The van der Waals surface area contributed by atoms with E-state index in [1.54, 1.807) is 12.1 Å². The molecule has 0 atom stereocenters. The number of amides is 1. The molecule has 0 spiro atoms. The van der Waals surface area contributed by atoms with Crippen LogP contribution < -0.4 is 5.32 Å². The van der Waals surface area contributed by atoms with Crippen LogP contribution in [0.5, 0.6) is 0 Å². The van der Waals surface area contributed by atoms with E-state index in [1.807, 2.05) is 42.5 Å². The molecule has 0 saturated carbocycles. The van der Waals surface area contributed by atoms with Crippen LogP contribution in [0.15, 0.2) is 59.8 Å². The fourth-order valence-corrected chi connectivity index (χ4v) is 2.62. The number of hydrogen-bond donors (Lipinski definition) is 2. The fraction of sp³-hybridized carbons (Fsp3) is 0.0556. The van der Waals surface area contributed by atoms with Crippen LogP contribution in [0.2, 0.25) is 0 Å².